The summed E-state index contributed by atoms with van der Waals surface area (Å²) in [5.41, 5.74) is 0.289. The average molecular weight is 140 g/mol. The summed E-state index contributed by atoms with van der Waals surface area (Å²) in [7, 11) is 0. The summed E-state index contributed by atoms with van der Waals surface area (Å²) in [6.07, 6.45) is 3.76. The predicted octanol–water partition coefficient (Wildman–Crippen LogP) is 1.15. The molecule has 56 valence electrons. The van der Waals surface area contributed by atoms with Crippen LogP contribution in [0.5, 0.6) is 0 Å². The molecule has 0 N–H and O–H groups in total. The van der Waals surface area contributed by atoms with Gasteiger partial charge in [0.15, 0.2) is 0 Å². The molecule has 10 heavy (non-hydrogen) atoms. The molecule has 0 amide bonds. The second-order valence-electron chi connectivity index (χ2n) is 3.52. The van der Waals surface area contributed by atoms with Gasteiger partial charge in [0.2, 0.25) is 0 Å². The highest BCUT2D eigenvalue weighted by Gasteiger charge is 2.41. The average Bonchev–Trinajstić information content (AvgIpc) is 2.46. The van der Waals surface area contributed by atoms with E-state index >= 15 is 0 Å². The quantitative estimate of drug-likeness (QED) is 0.504. The van der Waals surface area contributed by atoms with Crippen molar-refractivity contribution in [1.82, 2.24) is 0 Å². The van der Waals surface area contributed by atoms with E-state index in [1.165, 1.54) is 0 Å². The second kappa shape index (κ2) is 2.06. The molecule has 0 unspecified atom stereocenters. The zero-order chi connectivity index (χ0) is 7.03. The third-order valence-corrected chi connectivity index (χ3v) is 2.69. The summed E-state index contributed by atoms with van der Waals surface area (Å²) in [6.45, 7) is 1.70. The number of hydrogen-bond donors (Lipinski definition) is 0. The van der Waals surface area contributed by atoms with E-state index in [4.69, 9.17) is 4.74 Å². The van der Waals surface area contributed by atoms with Crippen molar-refractivity contribution in [2.75, 3.05) is 13.2 Å². The maximum Gasteiger partial charge on any atom is 0.133 e. The van der Waals surface area contributed by atoms with Crippen LogP contribution in [0.25, 0.3) is 0 Å². The Morgan fingerprint density at radius 1 is 1.40 bits per heavy atom. The van der Waals surface area contributed by atoms with Crippen molar-refractivity contribution >= 4 is 5.78 Å². The molecule has 2 fully saturated rings. The number of hydrogen-bond acceptors (Lipinski definition) is 2. The van der Waals surface area contributed by atoms with Crippen LogP contribution >= 0.6 is 0 Å². The van der Waals surface area contributed by atoms with E-state index < -0.39 is 0 Å². The van der Waals surface area contributed by atoms with Crippen molar-refractivity contribution in [3.05, 3.63) is 0 Å². The van der Waals surface area contributed by atoms with Gasteiger partial charge in [-0.05, 0) is 12.8 Å². The van der Waals surface area contributed by atoms with Crippen LogP contribution in [0.15, 0.2) is 0 Å². The molecule has 1 aliphatic heterocycles. The van der Waals surface area contributed by atoms with Crippen LogP contribution < -0.4 is 0 Å². The van der Waals surface area contributed by atoms with Crippen molar-refractivity contribution in [2.45, 2.75) is 25.7 Å². The molecule has 0 aromatic heterocycles. The number of ether oxygens (including phenoxy) is 1. The summed E-state index contributed by atoms with van der Waals surface area (Å²) in [5.74, 6) is 0.436. The van der Waals surface area contributed by atoms with E-state index in [1.54, 1.807) is 0 Å². The minimum absolute atomic E-state index is 0.289. The fourth-order valence-electron chi connectivity index (χ4n) is 1.99. The Labute approximate surface area is 60.6 Å². The third kappa shape index (κ3) is 0.870. The SMILES string of the molecule is O=C1CC[C@@]2(CCOC2)C1. The van der Waals surface area contributed by atoms with Crippen molar-refractivity contribution < 1.29 is 9.53 Å². The molecule has 0 aromatic rings. The van der Waals surface area contributed by atoms with E-state index in [-0.39, 0.29) is 5.41 Å². The molecule has 1 spiro atoms. The molecule has 2 heteroatoms. The van der Waals surface area contributed by atoms with E-state index in [0.717, 1.165) is 38.9 Å². The fraction of sp³-hybridized carbons (Fsp3) is 0.875. The van der Waals surface area contributed by atoms with Gasteiger partial charge in [0, 0.05) is 24.9 Å². The van der Waals surface area contributed by atoms with Gasteiger partial charge in [0.25, 0.3) is 0 Å². The summed E-state index contributed by atoms with van der Waals surface area (Å²) in [4.78, 5) is 10.9. The Balaban J connectivity index is 2.09. The molecule has 1 saturated heterocycles. The lowest BCUT2D eigenvalue weighted by molar-refractivity contribution is -0.118. The molecule has 1 aliphatic carbocycles. The molecule has 1 heterocycles. The van der Waals surface area contributed by atoms with Crippen LogP contribution in [0.1, 0.15) is 25.7 Å². The van der Waals surface area contributed by atoms with E-state index in [0.29, 0.717) is 5.78 Å². The standard InChI is InChI=1S/C8H12O2/c9-7-1-2-8(5-7)3-4-10-6-8/h1-6H2/t8-/m1/s1. The van der Waals surface area contributed by atoms with Gasteiger partial charge >= 0.3 is 0 Å². The van der Waals surface area contributed by atoms with Gasteiger partial charge in [-0.3, -0.25) is 4.79 Å². The van der Waals surface area contributed by atoms with Crippen molar-refractivity contribution in [2.24, 2.45) is 5.41 Å². The smallest absolute Gasteiger partial charge is 0.133 e. The maximum atomic E-state index is 10.9. The van der Waals surface area contributed by atoms with Gasteiger partial charge < -0.3 is 4.74 Å². The number of ketones is 1. The highest BCUT2D eigenvalue weighted by atomic mass is 16.5. The predicted molar refractivity (Wildman–Crippen MR) is 36.7 cm³/mol. The Hall–Kier alpha value is -0.370. The first-order chi connectivity index (χ1) is 4.81. The maximum absolute atomic E-state index is 10.9. The largest absolute Gasteiger partial charge is 0.381 e. The molecule has 1 atom stereocenters. The summed E-state index contributed by atoms with van der Waals surface area (Å²) in [6, 6.07) is 0. The Bertz CT molecular complexity index is 157. The zero-order valence-corrected chi connectivity index (χ0v) is 6.06. The van der Waals surface area contributed by atoms with Crippen LogP contribution in [0.4, 0.5) is 0 Å². The molecule has 2 nitrogen and oxygen atoms in total. The Morgan fingerprint density at radius 3 is 2.80 bits per heavy atom. The zero-order valence-electron chi connectivity index (χ0n) is 6.06. The first kappa shape index (κ1) is 6.35. The van der Waals surface area contributed by atoms with Gasteiger partial charge in [-0.1, -0.05) is 0 Å². The van der Waals surface area contributed by atoms with E-state index in [9.17, 15) is 4.79 Å². The summed E-state index contributed by atoms with van der Waals surface area (Å²) < 4.78 is 5.28. The summed E-state index contributed by atoms with van der Waals surface area (Å²) in [5, 5.41) is 0. The Morgan fingerprint density at radius 2 is 2.30 bits per heavy atom. The van der Waals surface area contributed by atoms with Gasteiger partial charge in [0.05, 0.1) is 6.61 Å². The summed E-state index contributed by atoms with van der Waals surface area (Å²) >= 11 is 0. The number of Topliss-reactive ketones (excluding diaryl/α,β-unsaturated/α-hetero) is 1. The molecule has 2 aliphatic rings. The van der Waals surface area contributed by atoms with Crippen molar-refractivity contribution in [3.8, 4) is 0 Å². The topological polar surface area (TPSA) is 26.3 Å². The third-order valence-electron chi connectivity index (χ3n) is 2.69. The Kier molecular flexibility index (Phi) is 1.31. The minimum atomic E-state index is 0.289. The molecule has 2 rings (SSSR count). The molecular weight excluding hydrogens is 128 g/mol. The lowest BCUT2D eigenvalue weighted by Gasteiger charge is -2.17. The highest BCUT2D eigenvalue weighted by molar-refractivity contribution is 5.81. The lowest BCUT2D eigenvalue weighted by Crippen LogP contribution is -2.16. The molecule has 1 saturated carbocycles. The molecule has 0 aromatic carbocycles. The monoisotopic (exact) mass is 140 g/mol. The van der Waals surface area contributed by atoms with Gasteiger partial charge in [0.1, 0.15) is 5.78 Å². The molecular formula is C8H12O2. The van der Waals surface area contributed by atoms with Crippen LogP contribution in [0.2, 0.25) is 0 Å². The minimum Gasteiger partial charge on any atom is -0.381 e. The molecule has 0 bridgehead atoms. The second-order valence-corrected chi connectivity index (χ2v) is 3.52. The first-order valence-corrected chi connectivity index (χ1v) is 3.90. The van der Waals surface area contributed by atoms with E-state index in [2.05, 4.69) is 0 Å². The number of rotatable bonds is 0. The lowest BCUT2D eigenvalue weighted by atomic mass is 9.86. The van der Waals surface area contributed by atoms with Crippen LogP contribution in [-0.4, -0.2) is 19.0 Å². The number of carbonyl (C=O) groups is 1. The van der Waals surface area contributed by atoms with E-state index in [1.807, 2.05) is 0 Å². The van der Waals surface area contributed by atoms with Gasteiger partial charge in [-0.2, -0.15) is 0 Å². The van der Waals surface area contributed by atoms with Crippen molar-refractivity contribution in [1.29, 1.82) is 0 Å². The fourth-order valence-corrected chi connectivity index (χ4v) is 1.99. The van der Waals surface area contributed by atoms with Crippen LogP contribution in [0, 0.1) is 5.41 Å². The van der Waals surface area contributed by atoms with Gasteiger partial charge in [-0.25, -0.2) is 0 Å². The van der Waals surface area contributed by atoms with Crippen molar-refractivity contribution in [3.63, 3.8) is 0 Å². The normalized spacial score (nSPS) is 39.8. The first-order valence-electron chi connectivity index (χ1n) is 3.90. The van der Waals surface area contributed by atoms with Crippen LogP contribution in [-0.2, 0) is 9.53 Å². The molecule has 0 radical (unpaired) electrons. The number of carbonyl (C=O) groups excluding carboxylic acids is 1. The van der Waals surface area contributed by atoms with Crippen LogP contribution in [0.3, 0.4) is 0 Å². The van der Waals surface area contributed by atoms with Gasteiger partial charge in [-0.15, -0.1) is 0 Å². The highest BCUT2D eigenvalue weighted by Crippen LogP contribution is 2.42.